The van der Waals surface area contributed by atoms with Crippen molar-refractivity contribution in [1.29, 1.82) is 0 Å². The second-order valence-corrected chi connectivity index (χ2v) is 3.04. The van der Waals surface area contributed by atoms with Gasteiger partial charge in [0, 0.05) is 17.9 Å². The summed E-state index contributed by atoms with van der Waals surface area (Å²) < 4.78 is 0. The van der Waals surface area contributed by atoms with Crippen molar-refractivity contribution in [3.8, 4) is 0 Å². The topological polar surface area (TPSA) is 63.8 Å². The Hall–Kier alpha value is -1.16. The number of aryl methyl sites for hydroxylation is 2. The average Bonchev–Trinajstić information content (AvgIpc) is 2.03. The van der Waals surface area contributed by atoms with E-state index in [-0.39, 0.29) is 0 Å². The Bertz CT molecular complexity index is 252. The lowest BCUT2D eigenvalue weighted by molar-refractivity contribution is 0.860. The number of anilines is 1. The highest BCUT2D eigenvalue weighted by molar-refractivity contribution is 5.27. The highest BCUT2D eigenvalue weighted by Crippen LogP contribution is 2.02. The number of nitrogens with two attached hydrogens (primary N) is 1. The SMILES string of the molecule is Cc1cc(C)nc(NCCCN)n1. The molecular formula is C9H16N4. The van der Waals surface area contributed by atoms with Gasteiger partial charge in [0.25, 0.3) is 0 Å². The number of hydrogen-bond donors (Lipinski definition) is 2. The van der Waals surface area contributed by atoms with Crippen LogP contribution in [-0.4, -0.2) is 23.1 Å². The summed E-state index contributed by atoms with van der Waals surface area (Å²) in [6, 6.07) is 1.95. The van der Waals surface area contributed by atoms with Gasteiger partial charge in [0.05, 0.1) is 0 Å². The predicted octanol–water partition coefficient (Wildman–Crippen LogP) is 0.854. The molecule has 0 saturated carbocycles. The van der Waals surface area contributed by atoms with Crippen LogP contribution in [0.1, 0.15) is 17.8 Å². The largest absolute Gasteiger partial charge is 0.354 e. The van der Waals surface area contributed by atoms with E-state index in [2.05, 4.69) is 15.3 Å². The van der Waals surface area contributed by atoms with Crippen LogP contribution in [0.4, 0.5) is 5.95 Å². The van der Waals surface area contributed by atoms with E-state index in [1.54, 1.807) is 0 Å². The van der Waals surface area contributed by atoms with Crippen LogP contribution < -0.4 is 11.1 Å². The molecule has 0 aliphatic carbocycles. The normalized spacial score (nSPS) is 10.1. The van der Waals surface area contributed by atoms with Crippen molar-refractivity contribution < 1.29 is 0 Å². The molecule has 4 heteroatoms. The number of nitrogens with one attached hydrogen (secondary N) is 1. The minimum absolute atomic E-state index is 0.692. The Morgan fingerprint density at radius 3 is 2.46 bits per heavy atom. The summed E-state index contributed by atoms with van der Waals surface area (Å²) >= 11 is 0. The molecule has 0 radical (unpaired) electrons. The Balaban J connectivity index is 2.56. The van der Waals surface area contributed by atoms with Crippen molar-refractivity contribution in [3.05, 3.63) is 17.5 Å². The second-order valence-electron chi connectivity index (χ2n) is 3.04. The minimum Gasteiger partial charge on any atom is -0.354 e. The Kier molecular flexibility index (Phi) is 3.64. The fourth-order valence-electron chi connectivity index (χ4n) is 1.11. The third kappa shape index (κ3) is 3.38. The lowest BCUT2D eigenvalue weighted by atomic mass is 10.3. The predicted molar refractivity (Wildman–Crippen MR) is 53.7 cm³/mol. The van der Waals surface area contributed by atoms with Crippen LogP contribution >= 0.6 is 0 Å². The smallest absolute Gasteiger partial charge is 0.223 e. The fraction of sp³-hybridized carbons (Fsp3) is 0.556. The summed E-state index contributed by atoms with van der Waals surface area (Å²) in [6.07, 6.45) is 0.941. The molecule has 3 N–H and O–H groups in total. The van der Waals surface area contributed by atoms with Crippen molar-refractivity contribution in [2.75, 3.05) is 18.4 Å². The van der Waals surface area contributed by atoms with Crippen LogP contribution in [0.5, 0.6) is 0 Å². The van der Waals surface area contributed by atoms with Gasteiger partial charge in [-0.2, -0.15) is 0 Å². The third-order valence-electron chi connectivity index (χ3n) is 1.65. The average molecular weight is 180 g/mol. The van der Waals surface area contributed by atoms with E-state index in [4.69, 9.17) is 5.73 Å². The van der Waals surface area contributed by atoms with Gasteiger partial charge in [-0.1, -0.05) is 0 Å². The molecule has 0 fully saturated rings. The first kappa shape index (κ1) is 9.92. The lowest BCUT2D eigenvalue weighted by Gasteiger charge is -2.04. The lowest BCUT2D eigenvalue weighted by Crippen LogP contribution is -2.11. The monoisotopic (exact) mass is 180 g/mol. The van der Waals surface area contributed by atoms with E-state index in [1.165, 1.54) is 0 Å². The molecular weight excluding hydrogens is 164 g/mol. The molecule has 0 aromatic carbocycles. The first-order chi connectivity index (χ1) is 6.22. The molecule has 0 saturated heterocycles. The molecule has 0 spiro atoms. The van der Waals surface area contributed by atoms with Gasteiger partial charge in [-0.25, -0.2) is 9.97 Å². The van der Waals surface area contributed by atoms with Crippen LogP contribution in [-0.2, 0) is 0 Å². The third-order valence-corrected chi connectivity index (χ3v) is 1.65. The van der Waals surface area contributed by atoms with Crippen molar-refractivity contribution in [2.45, 2.75) is 20.3 Å². The maximum absolute atomic E-state index is 5.37. The molecule has 1 aromatic heterocycles. The number of rotatable bonds is 4. The molecule has 0 amide bonds. The number of hydrogen-bond acceptors (Lipinski definition) is 4. The summed E-state index contributed by atoms with van der Waals surface area (Å²) in [7, 11) is 0. The first-order valence-electron chi connectivity index (χ1n) is 4.48. The molecule has 13 heavy (non-hydrogen) atoms. The van der Waals surface area contributed by atoms with E-state index in [0.717, 1.165) is 24.4 Å². The van der Waals surface area contributed by atoms with Crippen LogP contribution in [0, 0.1) is 13.8 Å². The zero-order valence-corrected chi connectivity index (χ0v) is 8.17. The van der Waals surface area contributed by atoms with Crippen molar-refractivity contribution in [3.63, 3.8) is 0 Å². The first-order valence-corrected chi connectivity index (χ1v) is 4.48. The van der Waals surface area contributed by atoms with Crippen LogP contribution in [0.25, 0.3) is 0 Å². The highest BCUT2D eigenvalue weighted by Gasteiger charge is 1.96. The summed E-state index contributed by atoms with van der Waals surface area (Å²) in [5, 5.41) is 3.12. The molecule has 0 aliphatic rings. The number of nitrogens with zero attached hydrogens (tertiary/aromatic N) is 2. The summed E-state index contributed by atoms with van der Waals surface area (Å²) in [4.78, 5) is 8.49. The Morgan fingerprint density at radius 2 is 1.92 bits per heavy atom. The van der Waals surface area contributed by atoms with Gasteiger partial charge in [0.1, 0.15) is 0 Å². The Morgan fingerprint density at radius 1 is 1.31 bits per heavy atom. The summed E-state index contributed by atoms with van der Waals surface area (Å²) in [5.41, 5.74) is 7.35. The maximum Gasteiger partial charge on any atom is 0.223 e. The van der Waals surface area contributed by atoms with Gasteiger partial charge in [0.15, 0.2) is 0 Å². The molecule has 0 atom stereocenters. The molecule has 72 valence electrons. The van der Waals surface area contributed by atoms with Gasteiger partial charge < -0.3 is 11.1 Å². The van der Waals surface area contributed by atoms with E-state index in [0.29, 0.717) is 12.5 Å². The molecule has 4 nitrogen and oxygen atoms in total. The van der Waals surface area contributed by atoms with Gasteiger partial charge in [-0.05, 0) is 32.9 Å². The minimum atomic E-state index is 0.692. The summed E-state index contributed by atoms with van der Waals surface area (Å²) in [5.74, 6) is 0.700. The van der Waals surface area contributed by atoms with Crippen LogP contribution in [0.3, 0.4) is 0 Å². The van der Waals surface area contributed by atoms with E-state index in [1.807, 2.05) is 19.9 Å². The van der Waals surface area contributed by atoms with Crippen molar-refractivity contribution >= 4 is 5.95 Å². The zero-order chi connectivity index (χ0) is 9.68. The molecule has 0 bridgehead atoms. The summed E-state index contributed by atoms with van der Waals surface area (Å²) in [6.45, 7) is 5.45. The van der Waals surface area contributed by atoms with E-state index < -0.39 is 0 Å². The van der Waals surface area contributed by atoms with Gasteiger partial charge in [-0.15, -0.1) is 0 Å². The van der Waals surface area contributed by atoms with Crippen LogP contribution in [0.15, 0.2) is 6.07 Å². The van der Waals surface area contributed by atoms with E-state index >= 15 is 0 Å². The van der Waals surface area contributed by atoms with Gasteiger partial charge >= 0.3 is 0 Å². The molecule has 1 rings (SSSR count). The van der Waals surface area contributed by atoms with E-state index in [9.17, 15) is 0 Å². The molecule has 0 aliphatic heterocycles. The van der Waals surface area contributed by atoms with Crippen molar-refractivity contribution in [2.24, 2.45) is 5.73 Å². The number of aromatic nitrogens is 2. The van der Waals surface area contributed by atoms with Crippen molar-refractivity contribution in [1.82, 2.24) is 9.97 Å². The standard InChI is InChI=1S/C9H16N4/c1-7-6-8(2)13-9(12-7)11-5-3-4-10/h6H,3-5,10H2,1-2H3,(H,11,12,13). The maximum atomic E-state index is 5.37. The molecule has 1 aromatic rings. The highest BCUT2D eigenvalue weighted by atomic mass is 15.1. The second kappa shape index (κ2) is 4.77. The Labute approximate surface area is 78.6 Å². The zero-order valence-electron chi connectivity index (χ0n) is 8.17. The van der Waals surface area contributed by atoms with Gasteiger partial charge in [-0.3, -0.25) is 0 Å². The quantitative estimate of drug-likeness (QED) is 0.674. The molecule has 1 heterocycles. The fourth-order valence-corrected chi connectivity index (χ4v) is 1.11. The molecule has 0 unspecified atom stereocenters. The van der Waals surface area contributed by atoms with Gasteiger partial charge in [0.2, 0.25) is 5.95 Å². The van der Waals surface area contributed by atoms with Crippen LogP contribution in [0.2, 0.25) is 0 Å².